The lowest BCUT2D eigenvalue weighted by Crippen LogP contribution is -2.31. The molecule has 1 aliphatic heterocycles. The lowest BCUT2D eigenvalue weighted by atomic mass is 9.94. The lowest BCUT2D eigenvalue weighted by Gasteiger charge is -2.23. The van der Waals surface area contributed by atoms with Crippen LogP contribution in [0.25, 0.3) is 11.0 Å². The minimum absolute atomic E-state index is 0.0365. The summed E-state index contributed by atoms with van der Waals surface area (Å²) in [6, 6.07) is 19.4. The number of Topliss-reactive ketones (excluding diaryl/α,β-unsaturated/α-hetero) is 1. The molecule has 0 spiro atoms. The van der Waals surface area contributed by atoms with E-state index >= 15 is 0 Å². The third kappa shape index (κ3) is 4.98. The summed E-state index contributed by atoms with van der Waals surface area (Å²) in [4.78, 5) is 28.7. The van der Waals surface area contributed by atoms with Gasteiger partial charge in [-0.05, 0) is 42.3 Å². The zero-order valence-electron chi connectivity index (χ0n) is 21.8. The number of halogens is 1. The number of aromatic nitrogens is 2. The summed E-state index contributed by atoms with van der Waals surface area (Å²) in [6.45, 7) is 1.93. The number of fused-ring (bicyclic) bond motifs is 1. The van der Waals surface area contributed by atoms with E-state index in [1.54, 1.807) is 48.5 Å². The van der Waals surface area contributed by atoms with E-state index in [-0.39, 0.29) is 22.3 Å². The molecule has 206 valence electrons. The lowest BCUT2D eigenvalue weighted by molar-refractivity contribution is -0.117. The first-order valence-corrected chi connectivity index (χ1v) is 14.3. The number of furan rings is 1. The van der Waals surface area contributed by atoms with Crippen molar-refractivity contribution < 1.29 is 28.2 Å². The highest BCUT2D eigenvalue weighted by Gasteiger charge is 2.46. The quantitative estimate of drug-likeness (QED) is 0.120. The van der Waals surface area contributed by atoms with Crippen LogP contribution >= 0.6 is 23.1 Å². The molecule has 0 fully saturated rings. The first kappa shape index (κ1) is 26.7. The molecule has 1 atom stereocenters. The summed E-state index contributed by atoms with van der Waals surface area (Å²) in [6.07, 6.45) is 0. The Bertz CT molecular complexity index is 1810. The molecule has 1 unspecified atom stereocenters. The van der Waals surface area contributed by atoms with Crippen LogP contribution < -0.4 is 9.64 Å². The van der Waals surface area contributed by atoms with Crippen molar-refractivity contribution in [2.45, 2.75) is 23.1 Å². The Morgan fingerprint density at radius 1 is 1.12 bits per heavy atom. The minimum atomic E-state index is -0.964. The number of aliphatic hydroxyl groups is 1. The number of carbonyl (C=O) groups is 2. The van der Waals surface area contributed by atoms with E-state index in [1.165, 1.54) is 35.9 Å². The molecule has 41 heavy (non-hydrogen) atoms. The maximum atomic E-state index is 13.9. The Hall–Kier alpha value is -4.48. The molecular weight excluding hydrogens is 565 g/mol. The van der Waals surface area contributed by atoms with Crippen molar-refractivity contribution in [3.8, 4) is 5.75 Å². The van der Waals surface area contributed by atoms with Crippen LogP contribution in [0.1, 0.15) is 33.3 Å². The van der Waals surface area contributed by atoms with E-state index in [4.69, 9.17) is 9.15 Å². The zero-order valence-corrected chi connectivity index (χ0v) is 23.5. The van der Waals surface area contributed by atoms with Crippen LogP contribution in [0, 0.1) is 12.7 Å². The SMILES string of the molecule is COc1cccc2cc(C(=O)C3=C(O)C(=O)N(c4nnc(SCc5ccc(F)cc5)s4)C3c3ccc(C)cc3)oc12. The summed E-state index contributed by atoms with van der Waals surface area (Å²) < 4.78 is 25.1. The topological polar surface area (TPSA) is 106 Å². The van der Waals surface area contributed by atoms with E-state index in [9.17, 15) is 19.1 Å². The molecule has 3 aromatic carbocycles. The molecular formula is C30H22FN3O5S2. The monoisotopic (exact) mass is 587 g/mol. The number of benzene rings is 3. The van der Waals surface area contributed by atoms with Crippen LogP contribution in [0.5, 0.6) is 5.75 Å². The maximum Gasteiger partial charge on any atom is 0.296 e. The fourth-order valence-corrected chi connectivity index (χ4v) is 6.45. The van der Waals surface area contributed by atoms with Crippen LogP contribution in [-0.4, -0.2) is 34.1 Å². The van der Waals surface area contributed by atoms with Gasteiger partial charge in [-0.3, -0.25) is 14.5 Å². The van der Waals surface area contributed by atoms with Crippen molar-refractivity contribution in [1.29, 1.82) is 0 Å². The predicted molar refractivity (Wildman–Crippen MR) is 154 cm³/mol. The van der Waals surface area contributed by atoms with Crippen molar-refractivity contribution in [3.63, 3.8) is 0 Å². The number of aliphatic hydroxyl groups excluding tert-OH is 1. The van der Waals surface area contributed by atoms with Crippen molar-refractivity contribution in [3.05, 3.63) is 112 Å². The highest BCUT2D eigenvalue weighted by molar-refractivity contribution is 8.00. The number of amides is 1. The molecule has 2 aromatic heterocycles. The highest BCUT2D eigenvalue weighted by Crippen LogP contribution is 2.44. The molecule has 1 N–H and O–H groups in total. The molecule has 0 aliphatic carbocycles. The second-order valence-corrected chi connectivity index (χ2v) is 11.5. The molecule has 1 aliphatic rings. The second-order valence-electron chi connectivity index (χ2n) is 9.33. The van der Waals surface area contributed by atoms with Gasteiger partial charge in [0, 0.05) is 11.1 Å². The molecule has 0 saturated heterocycles. The standard InChI is InChI=1S/C30H22FN3O5S2/c1-16-6-10-18(11-7-16)24-23(25(35)22-14-19-4-3-5-21(38-2)27(19)39-22)26(36)28(37)34(24)29-32-33-30(41-29)40-15-17-8-12-20(31)13-9-17/h3-14,24,36H,15H2,1-2H3. The van der Waals surface area contributed by atoms with Crippen LogP contribution in [-0.2, 0) is 10.5 Å². The summed E-state index contributed by atoms with van der Waals surface area (Å²) in [5.41, 5.74) is 2.77. The summed E-state index contributed by atoms with van der Waals surface area (Å²) in [5.74, 6) is -1.44. The van der Waals surface area contributed by atoms with Gasteiger partial charge in [-0.15, -0.1) is 10.2 Å². The molecule has 6 rings (SSSR count). The van der Waals surface area contributed by atoms with Crippen molar-refractivity contribution >= 4 is 50.9 Å². The summed E-state index contributed by atoms with van der Waals surface area (Å²) >= 11 is 2.55. The van der Waals surface area contributed by atoms with Gasteiger partial charge in [0.15, 0.2) is 27.2 Å². The number of hydrogen-bond donors (Lipinski definition) is 1. The number of rotatable bonds is 8. The van der Waals surface area contributed by atoms with Crippen LogP contribution in [0.3, 0.4) is 0 Å². The predicted octanol–water partition coefficient (Wildman–Crippen LogP) is 6.82. The Balaban J connectivity index is 1.36. The second kappa shape index (κ2) is 10.8. The maximum absolute atomic E-state index is 13.9. The normalized spacial score (nSPS) is 15.2. The number of ether oxygens (including phenoxy) is 1. The third-order valence-electron chi connectivity index (χ3n) is 6.67. The number of hydrogen-bond acceptors (Lipinski definition) is 9. The fourth-order valence-electron chi connectivity index (χ4n) is 4.62. The largest absolute Gasteiger partial charge is 0.503 e. The van der Waals surface area contributed by atoms with Gasteiger partial charge in [0.2, 0.25) is 10.9 Å². The average Bonchev–Trinajstić information content (AvgIpc) is 3.69. The van der Waals surface area contributed by atoms with Gasteiger partial charge in [0.05, 0.1) is 18.7 Å². The molecule has 5 aromatic rings. The van der Waals surface area contributed by atoms with E-state index < -0.39 is 23.5 Å². The Labute approximate surface area is 242 Å². The van der Waals surface area contributed by atoms with Gasteiger partial charge < -0.3 is 14.3 Å². The number of anilines is 1. The van der Waals surface area contributed by atoms with E-state index in [0.717, 1.165) is 22.5 Å². The van der Waals surface area contributed by atoms with E-state index in [0.29, 0.717) is 32.4 Å². The highest BCUT2D eigenvalue weighted by atomic mass is 32.2. The van der Waals surface area contributed by atoms with Gasteiger partial charge in [0.25, 0.3) is 5.91 Å². The molecule has 11 heteroatoms. The Morgan fingerprint density at radius 2 is 1.88 bits per heavy atom. The number of ketones is 1. The third-order valence-corrected chi connectivity index (χ3v) is 8.80. The Morgan fingerprint density at radius 3 is 2.61 bits per heavy atom. The smallest absolute Gasteiger partial charge is 0.296 e. The van der Waals surface area contributed by atoms with Crippen molar-refractivity contribution in [2.75, 3.05) is 12.0 Å². The van der Waals surface area contributed by atoms with Crippen LogP contribution in [0.2, 0.25) is 0 Å². The van der Waals surface area contributed by atoms with Gasteiger partial charge >= 0.3 is 0 Å². The van der Waals surface area contributed by atoms with Crippen LogP contribution in [0.15, 0.2) is 92.9 Å². The molecule has 1 amide bonds. The molecule has 0 saturated carbocycles. The number of aryl methyl sites for hydroxylation is 1. The number of thioether (sulfide) groups is 1. The molecule has 3 heterocycles. The minimum Gasteiger partial charge on any atom is -0.503 e. The van der Waals surface area contributed by atoms with E-state index in [2.05, 4.69) is 10.2 Å². The van der Waals surface area contributed by atoms with Gasteiger partial charge in [-0.25, -0.2) is 4.39 Å². The number of methoxy groups -OCH3 is 1. The van der Waals surface area contributed by atoms with E-state index in [1.807, 2.05) is 19.1 Å². The fraction of sp³-hybridized carbons (Fsp3) is 0.133. The van der Waals surface area contributed by atoms with Crippen molar-refractivity contribution in [1.82, 2.24) is 10.2 Å². The first-order valence-electron chi connectivity index (χ1n) is 12.5. The molecule has 0 bridgehead atoms. The van der Waals surface area contributed by atoms with Gasteiger partial charge in [0.1, 0.15) is 5.82 Å². The summed E-state index contributed by atoms with van der Waals surface area (Å²) in [7, 11) is 1.50. The number of para-hydroxylation sites is 1. The Kier molecular flexibility index (Phi) is 7.06. The molecule has 0 radical (unpaired) electrons. The van der Waals surface area contributed by atoms with Crippen molar-refractivity contribution in [2.24, 2.45) is 0 Å². The first-order chi connectivity index (χ1) is 19.8. The van der Waals surface area contributed by atoms with Gasteiger partial charge in [-0.2, -0.15) is 0 Å². The summed E-state index contributed by atoms with van der Waals surface area (Å²) in [5, 5.41) is 20.4. The number of carbonyl (C=O) groups excluding carboxylic acids is 2. The molecule has 8 nitrogen and oxygen atoms in total. The zero-order chi connectivity index (χ0) is 28.7. The van der Waals surface area contributed by atoms with Gasteiger partial charge in [-0.1, -0.05) is 77.2 Å². The van der Waals surface area contributed by atoms with Crippen LogP contribution in [0.4, 0.5) is 9.52 Å². The average molecular weight is 588 g/mol. The number of nitrogens with zero attached hydrogens (tertiary/aromatic N) is 3.